The highest BCUT2D eigenvalue weighted by Gasteiger charge is 2.16. The number of anilines is 1. The van der Waals surface area contributed by atoms with E-state index >= 15 is 0 Å². The van der Waals surface area contributed by atoms with Crippen LogP contribution >= 0.6 is 11.6 Å². The number of benzene rings is 3. The molecule has 7 heteroatoms. The largest absolute Gasteiger partial charge is 0.496 e. The number of halogens is 1. The minimum Gasteiger partial charge on any atom is -0.496 e. The molecule has 0 saturated carbocycles. The molecule has 3 rings (SSSR count). The summed E-state index contributed by atoms with van der Waals surface area (Å²) in [5.41, 5.74) is 0.746. The molecule has 0 atom stereocenters. The Morgan fingerprint density at radius 2 is 1.61 bits per heavy atom. The van der Waals surface area contributed by atoms with Gasteiger partial charge in [-0.3, -0.25) is 4.79 Å². The van der Waals surface area contributed by atoms with Crippen molar-refractivity contribution in [2.45, 2.75) is 0 Å². The third-order valence-electron chi connectivity index (χ3n) is 4.09. The highest BCUT2D eigenvalue weighted by Crippen LogP contribution is 2.29. The first kappa shape index (κ1) is 19.5. The van der Waals surface area contributed by atoms with E-state index < -0.39 is 18.5 Å². The lowest BCUT2D eigenvalue weighted by Crippen LogP contribution is -2.21. The molecule has 0 aliphatic carbocycles. The van der Waals surface area contributed by atoms with Crippen LogP contribution in [-0.4, -0.2) is 32.7 Å². The number of amides is 1. The molecule has 0 aromatic heterocycles. The van der Waals surface area contributed by atoms with Crippen LogP contribution in [0, 0.1) is 0 Å². The zero-order valence-corrected chi connectivity index (χ0v) is 16.1. The number of nitrogens with one attached hydrogen (secondary N) is 1. The predicted octanol–water partition coefficient (Wildman–Crippen LogP) is 4.31. The Labute approximate surface area is 167 Å². The highest BCUT2D eigenvalue weighted by atomic mass is 35.5. The average Bonchev–Trinajstić information content (AvgIpc) is 2.71. The number of esters is 1. The van der Waals surface area contributed by atoms with E-state index in [-0.39, 0.29) is 0 Å². The Morgan fingerprint density at radius 3 is 2.32 bits per heavy atom. The maximum absolute atomic E-state index is 12.5. The predicted molar refractivity (Wildman–Crippen MR) is 107 cm³/mol. The molecule has 1 N–H and O–H groups in total. The topological polar surface area (TPSA) is 73.9 Å². The maximum atomic E-state index is 12.5. The molecule has 0 spiro atoms. The number of ether oxygens (including phenoxy) is 3. The molecule has 0 aliphatic heterocycles. The van der Waals surface area contributed by atoms with Crippen molar-refractivity contribution >= 4 is 39.9 Å². The Bertz CT molecular complexity index is 1030. The summed E-state index contributed by atoms with van der Waals surface area (Å²) >= 11 is 5.94. The van der Waals surface area contributed by atoms with E-state index in [2.05, 4.69) is 5.32 Å². The van der Waals surface area contributed by atoms with E-state index in [1.807, 2.05) is 18.2 Å². The minimum absolute atomic E-state index is 0.351. The molecule has 3 aromatic carbocycles. The molecular weight excluding hydrogens is 382 g/mol. The summed E-state index contributed by atoms with van der Waals surface area (Å²) in [5, 5.41) is 4.53. The molecule has 0 heterocycles. The SMILES string of the molecule is COc1ccc(Cl)cc1NC(=O)COC(=O)c1ccc(OC)c2ccccc12. The van der Waals surface area contributed by atoms with Gasteiger partial charge < -0.3 is 19.5 Å². The van der Waals surface area contributed by atoms with Crippen molar-refractivity contribution < 1.29 is 23.8 Å². The molecule has 0 unspecified atom stereocenters. The molecule has 0 bridgehead atoms. The van der Waals surface area contributed by atoms with Crippen molar-refractivity contribution in [3.63, 3.8) is 0 Å². The summed E-state index contributed by atoms with van der Waals surface area (Å²) in [4.78, 5) is 24.7. The van der Waals surface area contributed by atoms with Crippen LogP contribution in [0.4, 0.5) is 5.69 Å². The summed E-state index contributed by atoms with van der Waals surface area (Å²) in [6.45, 7) is -0.450. The van der Waals surface area contributed by atoms with Crippen LogP contribution in [0.5, 0.6) is 11.5 Å². The first-order valence-corrected chi connectivity index (χ1v) is 8.77. The quantitative estimate of drug-likeness (QED) is 0.625. The number of carbonyl (C=O) groups excluding carboxylic acids is 2. The fraction of sp³-hybridized carbons (Fsp3) is 0.143. The molecule has 0 fully saturated rings. The molecule has 144 valence electrons. The first-order chi connectivity index (χ1) is 13.5. The first-order valence-electron chi connectivity index (χ1n) is 8.39. The van der Waals surface area contributed by atoms with Gasteiger partial charge in [-0.25, -0.2) is 4.79 Å². The van der Waals surface area contributed by atoms with Crippen LogP contribution in [0.1, 0.15) is 10.4 Å². The zero-order valence-electron chi connectivity index (χ0n) is 15.3. The van der Waals surface area contributed by atoms with Crippen molar-refractivity contribution in [2.75, 3.05) is 26.1 Å². The lowest BCUT2D eigenvalue weighted by Gasteiger charge is -2.12. The second-order valence-corrected chi connectivity index (χ2v) is 6.27. The molecular formula is C21H18ClNO5. The van der Waals surface area contributed by atoms with Gasteiger partial charge in [-0.1, -0.05) is 35.9 Å². The summed E-state index contributed by atoms with van der Waals surface area (Å²) in [6, 6.07) is 15.4. The van der Waals surface area contributed by atoms with Crippen LogP contribution in [0.2, 0.25) is 5.02 Å². The van der Waals surface area contributed by atoms with Gasteiger partial charge in [0.25, 0.3) is 5.91 Å². The Balaban J connectivity index is 1.72. The smallest absolute Gasteiger partial charge is 0.339 e. The summed E-state index contributed by atoms with van der Waals surface area (Å²) in [7, 11) is 3.04. The third kappa shape index (κ3) is 4.18. The van der Waals surface area contributed by atoms with Gasteiger partial charge in [0, 0.05) is 10.4 Å². The Kier molecular flexibility index (Phi) is 6.01. The van der Waals surface area contributed by atoms with Gasteiger partial charge in [0.1, 0.15) is 11.5 Å². The van der Waals surface area contributed by atoms with Gasteiger partial charge in [0.15, 0.2) is 6.61 Å². The maximum Gasteiger partial charge on any atom is 0.339 e. The fourth-order valence-corrected chi connectivity index (χ4v) is 2.97. The van der Waals surface area contributed by atoms with Gasteiger partial charge in [-0.2, -0.15) is 0 Å². The minimum atomic E-state index is -0.605. The van der Waals surface area contributed by atoms with Crippen molar-refractivity contribution in [3.05, 3.63) is 65.2 Å². The molecule has 0 radical (unpaired) electrons. The average molecular weight is 400 g/mol. The molecule has 3 aromatic rings. The van der Waals surface area contributed by atoms with Gasteiger partial charge >= 0.3 is 5.97 Å². The van der Waals surface area contributed by atoms with Gasteiger partial charge in [-0.15, -0.1) is 0 Å². The normalized spacial score (nSPS) is 10.4. The second kappa shape index (κ2) is 8.63. The van der Waals surface area contributed by atoms with E-state index in [1.54, 1.807) is 43.5 Å². The summed E-state index contributed by atoms with van der Waals surface area (Å²) in [5.74, 6) is -0.0121. The van der Waals surface area contributed by atoms with E-state index in [0.717, 1.165) is 5.39 Å². The van der Waals surface area contributed by atoms with E-state index in [4.69, 9.17) is 25.8 Å². The highest BCUT2D eigenvalue weighted by molar-refractivity contribution is 6.31. The third-order valence-corrected chi connectivity index (χ3v) is 4.33. The number of rotatable bonds is 6. The molecule has 0 aliphatic rings. The summed E-state index contributed by atoms with van der Waals surface area (Å²) in [6.07, 6.45) is 0. The fourth-order valence-electron chi connectivity index (χ4n) is 2.80. The van der Waals surface area contributed by atoms with Crippen molar-refractivity contribution in [1.82, 2.24) is 0 Å². The van der Waals surface area contributed by atoms with Crippen LogP contribution in [0.25, 0.3) is 10.8 Å². The molecule has 0 saturated heterocycles. The van der Waals surface area contributed by atoms with Gasteiger partial charge in [0.05, 0.1) is 25.5 Å². The molecule has 1 amide bonds. The number of hydrogen-bond donors (Lipinski definition) is 1. The number of carbonyl (C=O) groups is 2. The van der Waals surface area contributed by atoms with Crippen molar-refractivity contribution in [2.24, 2.45) is 0 Å². The zero-order chi connectivity index (χ0) is 20.1. The second-order valence-electron chi connectivity index (χ2n) is 5.83. The standard InChI is InChI=1S/C21H18ClNO5/c1-26-18-10-8-16(14-5-3-4-6-15(14)18)21(25)28-12-20(24)23-17-11-13(22)7-9-19(17)27-2/h3-11H,12H2,1-2H3,(H,23,24). The van der Waals surface area contributed by atoms with Crippen LogP contribution in [0.15, 0.2) is 54.6 Å². The number of hydrogen-bond acceptors (Lipinski definition) is 5. The summed E-state index contributed by atoms with van der Waals surface area (Å²) < 4.78 is 15.7. The van der Waals surface area contributed by atoms with E-state index in [1.165, 1.54) is 7.11 Å². The molecule has 6 nitrogen and oxygen atoms in total. The van der Waals surface area contributed by atoms with Crippen LogP contribution in [0.3, 0.4) is 0 Å². The van der Waals surface area contributed by atoms with E-state index in [9.17, 15) is 9.59 Å². The number of fused-ring (bicyclic) bond motifs is 1. The lowest BCUT2D eigenvalue weighted by molar-refractivity contribution is -0.119. The van der Waals surface area contributed by atoms with Gasteiger partial charge in [-0.05, 0) is 35.7 Å². The van der Waals surface area contributed by atoms with Crippen LogP contribution < -0.4 is 14.8 Å². The van der Waals surface area contributed by atoms with Crippen molar-refractivity contribution in [1.29, 1.82) is 0 Å². The Morgan fingerprint density at radius 1 is 0.929 bits per heavy atom. The Hall–Kier alpha value is -3.25. The molecule has 28 heavy (non-hydrogen) atoms. The van der Waals surface area contributed by atoms with Crippen molar-refractivity contribution in [3.8, 4) is 11.5 Å². The van der Waals surface area contributed by atoms with Gasteiger partial charge in [0.2, 0.25) is 0 Å². The monoisotopic (exact) mass is 399 g/mol. The lowest BCUT2D eigenvalue weighted by atomic mass is 10.0. The van der Waals surface area contributed by atoms with E-state index in [0.29, 0.717) is 33.2 Å². The number of methoxy groups -OCH3 is 2. The van der Waals surface area contributed by atoms with Crippen LogP contribution in [-0.2, 0) is 9.53 Å².